The molecule has 1 rings (SSSR count). The third-order valence-corrected chi connectivity index (χ3v) is 2.86. The Morgan fingerprint density at radius 2 is 2.12 bits per heavy atom. The molecule has 16 heavy (non-hydrogen) atoms. The van der Waals surface area contributed by atoms with Crippen molar-refractivity contribution >= 4 is 5.97 Å². The van der Waals surface area contributed by atoms with Crippen molar-refractivity contribution in [2.75, 3.05) is 20.1 Å². The molecule has 1 N–H and O–H groups in total. The van der Waals surface area contributed by atoms with Crippen LogP contribution in [0.1, 0.15) is 12.8 Å². The molecule has 0 spiro atoms. The number of carboxylic acid groups (broad SMARTS) is 1. The van der Waals surface area contributed by atoms with Crippen molar-refractivity contribution in [1.82, 2.24) is 4.90 Å². The maximum Gasteiger partial charge on any atom is 0.390 e. The van der Waals surface area contributed by atoms with Gasteiger partial charge in [-0.25, -0.2) is 4.39 Å². The molecule has 0 aromatic carbocycles. The molecular weight excluding hydrogens is 230 g/mol. The number of carboxylic acids is 1. The molecule has 0 aromatic heterocycles. The molecule has 94 valence electrons. The molecule has 1 aliphatic rings. The third kappa shape index (κ3) is 2.63. The highest BCUT2D eigenvalue weighted by Gasteiger charge is 2.55. The number of alkyl halides is 4. The van der Waals surface area contributed by atoms with Crippen molar-refractivity contribution in [2.24, 2.45) is 5.41 Å². The molecule has 1 fully saturated rings. The van der Waals surface area contributed by atoms with Gasteiger partial charge in [0.2, 0.25) is 0 Å². The molecule has 2 atom stereocenters. The van der Waals surface area contributed by atoms with Gasteiger partial charge in [0.15, 0.2) is 0 Å². The van der Waals surface area contributed by atoms with Gasteiger partial charge in [-0.2, -0.15) is 13.2 Å². The first-order valence-electron chi connectivity index (χ1n) is 4.80. The van der Waals surface area contributed by atoms with Crippen LogP contribution in [0.3, 0.4) is 0 Å². The molecule has 3 nitrogen and oxygen atoms in total. The van der Waals surface area contributed by atoms with E-state index in [0.717, 1.165) is 0 Å². The van der Waals surface area contributed by atoms with Gasteiger partial charge in [-0.1, -0.05) is 0 Å². The topological polar surface area (TPSA) is 40.5 Å². The summed E-state index contributed by atoms with van der Waals surface area (Å²) < 4.78 is 50.4. The van der Waals surface area contributed by atoms with Gasteiger partial charge in [0.25, 0.3) is 0 Å². The van der Waals surface area contributed by atoms with Crippen LogP contribution in [0, 0.1) is 5.41 Å². The summed E-state index contributed by atoms with van der Waals surface area (Å²) in [6, 6.07) is 0. The number of rotatable bonds is 2. The predicted octanol–water partition coefficient (Wildman–Crippen LogP) is 1.68. The first kappa shape index (κ1) is 13.2. The first-order valence-corrected chi connectivity index (χ1v) is 4.80. The van der Waals surface area contributed by atoms with E-state index >= 15 is 0 Å². The second-order valence-electron chi connectivity index (χ2n) is 4.25. The summed E-state index contributed by atoms with van der Waals surface area (Å²) in [5.74, 6) is -1.72. The Labute approximate surface area is 90.0 Å². The predicted molar refractivity (Wildman–Crippen MR) is 47.8 cm³/mol. The minimum atomic E-state index is -4.68. The van der Waals surface area contributed by atoms with E-state index in [1.165, 1.54) is 11.9 Å². The van der Waals surface area contributed by atoms with Gasteiger partial charge in [-0.3, -0.25) is 4.79 Å². The van der Waals surface area contributed by atoms with E-state index in [-0.39, 0.29) is 13.0 Å². The van der Waals surface area contributed by atoms with Crippen molar-refractivity contribution in [3.63, 3.8) is 0 Å². The van der Waals surface area contributed by atoms with Gasteiger partial charge in [0, 0.05) is 13.1 Å². The minimum absolute atomic E-state index is 0.182. The van der Waals surface area contributed by atoms with Gasteiger partial charge >= 0.3 is 12.1 Å². The lowest BCUT2D eigenvalue weighted by atomic mass is 9.75. The van der Waals surface area contributed by atoms with E-state index in [0.29, 0.717) is 0 Å². The number of likely N-dealkylation sites (tertiary alicyclic amines) is 1. The van der Waals surface area contributed by atoms with Crippen molar-refractivity contribution in [1.29, 1.82) is 0 Å². The fourth-order valence-corrected chi connectivity index (χ4v) is 2.07. The summed E-state index contributed by atoms with van der Waals surface area (Å²) >= 11 is 0. The fraction of sp³-hybridized carbons (Fsp3) is 0.889. The van der Waals surface area contributed by atoms with Crippen molar-refractivity contribution in [2.45, 2.75) is 25.2 Å². The van der Waals surface area contributed by atoms with E-state index < -0.39 is 36.7 Å². The lowest BCUT2D eigenvalue weighted by molar-refractivity contribution is -0.194. The van der Waals surface area contributed by atoms with Gasteiger partial charge in [-0.15, -0.1) is 0 Å². The highest BCUT2D eigenvalue weighted by Crippen LogP contribution is 2.42. The Balaban J connectivity index is 2.98. The maximum absolute atomic E-state index is 13.6. The SMILES string of the molecule is CN1CCC(F)C(CC(F)(F)F)(C(=O)O)C1. The van der Waals surface area contributed by atoms with E-state index in [1.54, 1.807) is 0 Å². The zero-order chi connectivity index (χ0) is 12.6. The number of aliphatic carboxylic acids is 1. The molecule has 0 bridgehead atoms. The number of piperidine rings is 1. The van der Waals surface area contributed by atoms with Gasteiger partial charge < -0.3 is 10.0 Å². The lowest BCUT2D eigenvalue weighted by Crippen LogP contribution is -2.55. The normalized spacial score (nSPS) is 32.7. The van der Waals surface area contributed by atoms with Crippen LogP contribution in [0.25, 0.3) is 0 Å². The molecule has 7 heteroatoms. The zero-order valence-electron chi connectivity index (χ0n) is 8.72. The summed E-state index contributed by atoms with van der Waals surface area (Å²) in [7, 11) is 1.49. The van der Waals surface area contributed by atoms with Crippen LogP contribution in [-0.4, -0.2) is 48.5 Å². The molecule has 0 saturated carbocycles. The van der Waals surface area contributed by atoms with E-state index in [1.807, 2.05) is 0 Å². The second-order valence-corrected chi connectivity index (χ2v) is 4.25. The number of hydrogen-bond donors (Lipinski definition) is 1. The van der Waals surface area contributed by atoms with Gasteiger partial charge in [0.1, 0.15) is 11.6 Å². The number of halogens is 4. The average molecular weight is 243 g/mol. The van der Waals surface area contributed by atoms with E-state index in [9.17, 15) is 22.4 Å². The van der Waals surface area contributed by atoms with Crippen LogP contribution >= 0.6 is 0 Å². The average Bonchev–Trinajstić information content (AvgIpc) is 2.08. The fourth-order valence-electron chi connectivity index (χ4n) is 2.07. The highest BCUT2D eigenvalue weighted by molar-refractivity contribution is 5.76. The Bertz CT molecular complexity index is 281. The summed E-state index contributed by atoms with van der Waals surface area (Å²) in [6.07, 6.45) is -8.44. The number of hydrogen-bond acceptors (Lipinski definition) is 2. The second kappa shape index (κ2) is 4.20. The van der Waals surface area contributed by atoms with Crippen LogP contribution in [0.5, 0.6) is 0 Å². The monoisotopic (exact) mass is 243 g/mol. The van der Waals surface area contributed by atoms with Crippen LogP contribution in [0.2, 0.25) is 0 Å². The quantitative estimate of drug-likeness (QED) is 0.750. The maximum atomic E-state index is 13.6. The smallest absolute Gasteiger partial charge is 0.390 e. The summed E-state index contributed by atoms with van der Waals surface area (Å²) in [5.41, 5.74) is -2.36. The lowest BCUT2D eigenvalue weighted by Gasteiger charge is -2.41. The number of carbonyl (C=O) groups is 1. The Morgan fingerprint density at radius 3 is 2.56 bits per heavy atom. The highest BCUT2D eigenvalue weighted by atomic mass is 19.4. The molecule has 1 aliphatic heterocycles. The molecule has 0 aliphatic carbocycles. The first-order chi connectivity index (χ1) is 7.17. The summed E-state index contributed by atoms with van der Waals surface area (Å²) in [4.78, 5) is 12.4. The molecule has 0 radical (unpaired) electrons. The minimum Gasteiger partial charge on any atom is -0.481 e. The summed E-state index contributed by atoms with van der Waals surface area (Å²) in [6.45, 7) is -0.142. The Hall–Kier alpha value is -0.850. The van der Waals surface area contributed by atoms with Crippen LogP contribution in [0.15, 0.2) is 0 Å². The molecule has 0 aromatic rings. The van der Waals surface area contributed by atoms with Gasteiger partial charge in [0.05, 0.1) is 6.42 Å². The van der Waals surface area contributed by atoms with Crippen LogP contribution in [-0.2, 0) is 4.79 Å². The third-order valence-electron chi connectivity index (χ3n) is 2.86. The molecule has 2 unspecified atom stereocenters. The Kier molecular flexibility index (Phi) is 3.47. The van der Waals surface area contributed by atoms with Crippen LogP contribution in [0.4, 0.5) is 17.6 Å². The molecule has 1 saturated heterocycles. The van der Waals surface area contributed by atoms with Crippen molar-refractivity contribution < 1.29 is 27.5 Å². The largest absolute Gasteiger partial charge is 0.481 e. The molecule has 1 heterocycles. The standard InChI is InChI=1S/C9H13F4NO2/c1-14-3-2-6(10)8(5-14,7(15)16)4-9(11,12)13/h6H,2-5H2,1H3,(H,15,16). The van der Waals surface area contributed by atoms with Crippen molar-refractivity contribution in [3.8, 4) is 0 Å². The Morgan fingerprint density at radius 1 is 1.56 bits per heavy atom. The van der Waals surface area contributed by atoms with E-state index in [2.05, 4.69) is 0 Å². The van der Waals surface area contributed by atoms with Gasteiger partial charge in [-0.05, 0) is 13.5 Å². The molecular formula is C9H13F4NO2. The van der Waals surface area contributed by atoms with Crippen molar-refractivity contribution in [3.05, 3.63) is 0 Å². The van der Waals surface area contributed by atoms with Crippen LogP contribution < -0.4 is 0 Å². The zero-order valence-corrected chi connectivity index (χ0v) is 8.72. The number of nitrogens with zero attached hydrogens (tertiary/aromatic N) is 1. The molecule has 0 amide bonds. The van der Waals surface area contributed by atoms with E-state index in [4.69, 9.17) is 5.11 Å². The summed E-state index contributed by atoms with van der Waals surface area (Å²) in [5, 5.41) is 8.87.